The zero-order chi connectivity index (χ0) is 21.0. The van der Waals surface area contributed by atoms with Crippen molar-refractivity contribution in [2.45, 2.75) is 18.6 Å². The second kappa shape index (κ2) is 9.46. The third-order valence-electron chi connectivity index (χ3n) is 4.48. The standard InChI is InChI=1S/C21H17Cl3N2O3/c22-15-4-1-13(2-5-15)21(27)12-20(14-3-10-18(23)19(24)11-14)25-16-6-8-17(9-7-16)26(28)29/h1-11,20-21,25,27H,12H2. The molecule has 0 aliphatic rings. The molecule has 0 amide bonds. The van der Waals surface area contributed by atoms with Crippen molar-refractivity contribution in [3.8, 4) is 0 Å². The van der Waals surface area contributed by atoms with Crippen LogP contribution >= 0.6 is 34.8 Å². The summed E-state index contributed by atoms with van der Waals surface area (Å²) in [5, 5.41) is 26.3. The minimum absolute atomic E-state index is 0.00263. The normalized spacial score (nSPS) is 13.0. The molecule has 3 aromatic rings. The molecule has 0 aliphatic heterocycles. The van der Waals surface area contributed by atoms with Crippen LogP contribution in [-0.4, -0.2) is 10.0 Å². The van der Waals surface area contributed by atoms with Crippen LogP contribution in [0, 0.1) is 10.1 Å². The average molecular weight is 452 g/mol. The fraction of sp³-hybridized carbons (Fsp3) is 0.143. The van der Waals surface area contributed by atoms with Crippen LogP contribution in [0.2, 0.25) is 15.1 Å². The van der Waals surface area contributed by atoms with Gasteiger partial charge in [-0.2, -0.15) is 0 Å². The molecule has 2 unspecified atom stereocenters. The molecule has 0 saturated carbocycles. The van der Waals surface area contributed by atoms with Crippen LogP contribution in [0.5, 0.6) is 0 Å². The lowest BCUT2D eigenvalue weighted by molar-refractivity contribution is -0.384. The number of hydrogen-bond donors (Lipinski definition) is 2. The first kappa shape index (κ1) is 21.4. The van der Waals surface area contributed by atoms with Crippen molar-refractivity contribution < 1.29 is 10.0 Å². The molecule has 150 valence electrons. The monoisotopic (exact) mass is 450 g/mol. The molecule has 0 spiro atoms. The van der Waals surface area contributed by atoms with Crippen molar-refractivity contribution >= 4 is 46.2 Å². The predicted octanol–water partition coefficient (Wildman–Crippen LogP) is 6.83. The molecule has 8 heteroatoms. The SMILES string of the molecule is O=[N+]([O-])c1ccc(NC(CC(O)c2ccc(Cl)cc2)c2ccc(Cl)c(Cl)c2)cc1. The summed E-state index contributed by atoms with van der Waals surface area (Å²) >= 11 is 18.1. The maximum Gasteiger partial charge on any atom is 0.269 e. The fourth-order valence-corrected chi connectivity index (χ4v) is 3.36. The Morgan fingerprint density at radius 3 is 2.10 bits per heavy atom. The lowest BCUT2D eigenvalue weighted by Gasteiger charge is -2.24. The molecule has 0 fully saturated rings. The number of nitrogens with zero attached hydrogens (tertiary/aromatic N) is 1. The summed E-state index contributed by atoms with van der Waals surface area (Å²) in [5.41, 5.74) is 2.23. The number of nitro benzene ring substituents is 1. The van der Waals surface area contributed by atoms with Gasteiger partial charge >= 0.3 is 0 Å². The van der Waals surface area contributed by atoms with E-state index in [1.165, 1.54) is 12.1 Å². The van der Waals surface area contributed by atoms with Crippen molar-refractivity contribution in [1.82, 2.24) is 0 Å². The van der Waals surface area contributed by atoms with Crippen LogP contribution in [0.3, 0.4) is 0 Å². The zero-order valence-electron chi connectivity index (χ0n) is 15.1. The minimum atomic E-state index is -0.766. The molecule has 0 radical (unpaired) electrons. The van der Waals surface area contributed by atoms with E-state index in [0.29, 0.717) is 27.2 Å². The number of nitro groups is 1. The number of anilines is 1. The van der Waals surface area contributed by atoms with Crippen molar-refractivity contribution in [2.75, 3.05) is 5.32 Å². The van der Waals surface area contributed by atoms with Gasteiger partial charge in [0.1, 0.15) is 0 Å². The largest absolute Gasteiger partial charge is 0.388 e. The molecule has 3 rings (SSSR count). The van der Waals surface area contributed by atoms with Crippen LogP contribution in [0.1, 0.15) is 29.7 Å². The van der Waals surface area contributed by atoms with Crippen molar-refractivity contribution in [2.24, 2.45) is 0 Å². The summed E-state index contributed by atoms with van der Waals surface area (Å²) in [6.07, 6.45) is -0.436. The number of aliphatic hydroxyl groups is 1. The highest BCUT2D eigenvalue weighted by Gasteiger charge is 2.19. The topological polar surface area (TPSA) is 75.4 Å². The first-order chi connectivity index (χ1) is 13.8. The number of benzene rings is 3. The fourth-order valence-electron chi connectivity index (χ4n) is 2.93. The van der Waals surface area contributed by atoms with E-state index in [2.05, 4.69) is 5.32 Å². The van der Waals surface area contributed by atoms with E-state index in [9.17, 15) is 15.2 Å². The molecular weight excluding hydrogens is 435 g/mol. The van der Waals surface area contributed by atoms with Gasteiger partial charge in [-0.1, -0.05) is 53.0 Å². The van der Waals surface area contributed by atoms with Gasteiger partial charge in [-0.15, -0.1) is 0 Å². The molecule has 0 saturated heterocycles. The van der Waals surface area contributed by atoms with Gasteiger partial charge in [0.05, 0.1) is 27.1 Å². The Morgan fingerprint density at radius 2 is 1.52 bits per heavy atom. The molecule has 2 atom stereocenters. The van der Waals surface area contributed by atoms with Crippen LogP contribution in [0.4, 0.5) is 11.4 Å². The molecular formula is C21H17Cl3N2O3. The Kier molecular flexibility index (Phi) is 6.98. The third kappa shape index (κ3) is 5.61. The highest BCUT2D eigenvalue weighted by atomic mass is 35.5. The highest BCUT2D eigenvalue weighted by molar-refractivity contribution is 6.42. The highest BCUT2D eigenvalue weighted by Crippen LogP contribution is 2.33. The lowest BCUT2D eigenvalue weighted by Crippen LogP contribution is -2.15. The first-order valence-corrected chi connectivity index (χ1v) is 9.86. The summed E-state index contributed by atoms with van der Waals surface area (Å²) in [5.74, 6) is 0. The van der Waals surface area contributed by atoms with Gasteiger partial charge in [0, 0.05) is 29.3 Å². The Labute approximate surface area is 183 Å². The van der Waals surface area contributed by atoms with E-state index in [0.717, 1.165) is 11.1 Å². The Hall–Kier alpha value is -2.31. The molecule has 0 bridgehead atoms. The van der Waals surface area contributed by atoms with E-state index in [1.54, 1.807) is 48.5 Å². The summed E-state index contributed by atoms with van der Waals surface area (Å²) in [4.78, 5) is 10.4. The maximum atomic E-state index is 10.9. The molecule has 0 aromatic heterocycles. The van der Waals surface area contributed by atoms with Gasteiger partial charge in [-0.3, -0.25) is 10.1 Å². The summed E-state index contributed by atoms with van der Waals surface area (Å²) in [6, 6.07) is 18.0. The molecule has 5 nitrogen and oxygen atoms in total. The number of rotatable bonds is 7. The van der Waals surface area contributed by atoms with Crippen molar-refractivity contribution in [3.63, 3.8) is 0 Å². The Morgan fingerprint density at radius 1 is 0.897 bits per heavy atom. The van der Waals surface area contributed by atoms with E-state index in [4.69, 9.17) is 34.8 Å². The predicted molar refractivity (Wildman–Crippen MR) is 117 cm³/mol. The van der Waals surface area contributed by atoms with Gasteiger partial charge in [0.25, 0.3) is 5.69 Å². The van der Waals surface area contributed by atoms with E-state index in [1.807, 2.05) is 6.07 Å². The Bertz CT molecular complexity index is 995. The van der Waals surface area contributed by atoms with Crippen molar-refractivity contribution in [3.05, 3.63) is 103 Å². The molecule has 2 N–H and O–H groups in total. The van der Waals surface area contributed by atoms with E-state index in [-0.39, 0.29) is 11.7 Å². The number of hydrogen-bond acceptors (Lipinski definition) is 4. The van der Waals surface area contributed by atoms with Crippen molar-refractivity contribution in [1.29, 1.82) is 0 Å². The number of nitrogens with one attached hydrogen (secondary N) is 1. The minimum Gasteiger partial charge on any atom is -0.388 e. The van der Waals surface area contributed by atoms with Crippen LogP contribution < -0.4 is 5.32 Å². The van der Waals surface area contributed by atoms with Gasteiger partial charge in [-0.25, -0.2) is 0 Å². The lowest BCUT2D eigenvalue weighted by atomic mass is 9.96. The molecule has 0 heterocycles. The van der Waals surface area contributed by atoms with E-state index >= 15 is 0 Å². The van der Waals surface area contributed by atoms with Crippen LogP contribution in [-0.2, 0) is 0 Å². The Balaban J connectivity index is 1.87. The molecule has 3 aromatic carbocycles. The molecule has 29 heavy (non-hydrogen) atoms. The number of aliphatic hydroxyl groups excluding tert-OH is 1. The van der Waals surface area contributed by atoms with Gasteiger partial charge < -0.3 is 10.4 Å². The third-order valence-corrected chi connectivity index (χ3v) is 5.47. The van der Waals surface area contributed by atoms with Gasteiger partial charge in [0.2, 0.25) is 0 Å². The van der Waals surface area contributed by atoms with Crippen LogP contribution in [0.25, 0.3) is 0 Å². The summed E-state index contributed by atoms with van der Waals surface area (Å²) < 4.78 is 0. The van der Waals surface area contributed by atoms with Gasteiger partial charge in [-0.05, 0) is 47.5 Å². The molecule has 0 aliphatic carbocycles. The average Bonchev–Trinajstić information content (AvgIpc) is 2.70. The smallest absolute Gasteiger partial charge is 0.269 e. The maximum absolute atomic E-state index is 10.9. The second-order valence-corrected chi connectivity index (χ2v) is 7.73. The van der Waals surface area contributed by atoms with E-state index < -0.39 is 11.0 Å². The number of halogens is 3. The van der Waals surface area contributed by atoms with Gasteiger partial charge in [0.15, 0.2) is 0 Å². The zero-order valence-corrected chi connectivity index (χ0v) is 17.3. The summed E-state index contributed by atoms with van der Waals surface area (Å²) in [7, 11) is 0. The number of non-ortho nitro benzene ring substituents is 1. The first-order valence-electron chi connectivity index (χ1n) is 8.73. The summed E-state index contributed by atoms with van der Waals surface area (Å²) in [6.45, 7) is 0. The quantitative estimate of drug-likeness (QED) is 0.305. The second-order valence-electron chi connectivity index (χ2n) is 6.48. The van der Waals surface area contributed by atoms with Crippen LogP contribution in [0.15, 0.2) is 66.7 Å².